The van der Waals surface area contributed by atoms with Crippen molar-refractivity contribution in [2.75, 3.05) is 5.32 Å². The molecule has 0 unspecified atom stereocenters. The molecule has 3 N–H and O–H groups in total. The van der Waals surface area contributed by atoms with Gasteiger partial charge in [-0.15, -0.1) is 0 Å². The molecule has 86 valence electrons. The molecular weight excluding hydrogens is 220 g/mol. The van der Waals surface area contributed by atoms with Crippen LogP contribution in [0.3, 0.4) is 0 Å². The molecule has 2 aromatic rings. The maximum atomic E-state index is 10.9. The highest BCUT2D eigenvalue weighted by Gasteiger charge is 2.04. The highest BCUT2D eigenvalue weighted by Crippen LogP contribution is 2.15. The van der Waals surface area contributed by atoms with Crippen molar-refractivity contribution in [1.29, 1.82) is 0 Å². The zero-order valence-electron chi connectivity index (χ0n) is 8.79. The van der Waals surface area contributed by atoms with E-state index in [-0.39, 0.29) is 0 Å². The Morgan fingerprint density at radius 2 is 1.94 bits per heavy atom. The molecule has 2 amide bonds. The largest absolute Gasteiger partial charge is 0.344 e. The van der Waals surface area contributed by atoms with Crippen LogP contribution in [0.5, 0.6) is 0 Å². The number of carbonyl (C=O) groups is 1. The number of rotatable bonds is 2. The second-order valence-electron chi connectivity index (χ2n) is 3.19. The zero-order valence-corrected chi connectivity index (χ0v) is 8.79. The number of anilines is 1. The Bertz CT molecular complexity index is 516. The van der Waals surface area contributed by atoms with E-state index in [1.165, 1.54) is 5.48 Å². The van der Waals surface area contributed by atoms with E-state index in [2.05, 4.69) is 15.3 Å². The molecule has 6 heteroatoms. The average Bonchev–Trinajstić information content (AvgIpc) is 2.40. The van der Waals surface area contributed by atoms with E-state index in [1.54, 1.807) is 24.4 Å². The van der Waals surface area contributed by atoms with E-state index < -0.39 is 6.03 Å². The molecule has 2 heterocycles. The van der Waals surface area contributed by atoms with E-state index in [0.29, 0.717) is 17.2 Å². The van der Waals surface area contributed by atoms with Crippen molar-refractivity contribution >= 4 is 11.8 Å². The highest BCUT2D eigenvalue weighted by atomic mass is 16.5. The van der Waals surface area contributed by atoms with Crippen LogP contribution in [0.2, 0.25) is 0 Å². The fraction of sp³-hybridized carbons (Fsp3) is 0. The average molecular weight is 230 g/mol. The lowest BCUT2D eigenvalue weighted by atomic mass is 10.2. The topological polar surface area (TPSA) is 87.1 Å². The molecule has 0 aliphatic rings. The summed E-state index contributed by atoms with van der Waals surface area (Å²) in [7, 11) is 0. The molecule has 0 saturated carbocycles. The molecule has 0 bridgehead atoms. The van der Waals surface area contributed by atoms with Gasteiger partial charge in [0.1, 0.15) is 5.82 Å². The van der Waals surface area contributed by atoms with Gasteiger partial charge in [0.05, 0.1) is 11.4 Å². The summed E-state index contributed by atoms with van der Waals surface area (Å²) in [5, 5.41) is 10.7. The standard InChI is InChI=1S/C11H10N4O2/c16-11(15-17)14-10-6-3-5-9(13-10)8-4-1-2-7-12-8/h1-7,17H,(H2,13,14,15,16). The summed E-state index contributed by atoms with van der Waals surface area (Å²) in [6.07, 6.45) is 1.66. The first-order valence-electron chi connectivity index (χ1n) is 4.89. The van der Waals surface area contributed by atoms with Gasteiger partial charge in [0.15, 0.2) is 0 Å². The lowest BCUT2D eigenvalue weighted by molar-refractivity contribution is 0.172. The number of aromatic nitrogens is 2. The molecule has 2 rings (SSSR count). The molecule has 0 aliphatic heterocycles. The number of hydrogen-bond donors (Lipinski definition) is 3. The van der Waals surface area contributed by atoms with Crippen molar-refractivity contribution < 1.29 is 10.0 Å². The maximum absolute atomic E-state index is 10.9. The molecule has 0 atom stereocenters. The number of urea groups is 1. The third-order valence-corrected chi connectivity index (χ3v) is 2.02. The summed E-state index contributed by atoms with van der Waals surface area (Å²) >= 11 is 0. The second-order valence-corrected chi connectivity index (χ2v) is 3.19. The summed E-state index contributed by atoms with van der Waals surface area (Å²) in [6.45, 7) is 0. The number of carbonyl (C=O) groups excluding carboxylic acids is 1. The molecule has 0 radical (unpaired) electrons. The van der Waals surface area contributed by atoms with E-state index in [1.807, 2.05) is 18.2 Å². The van der Waals surface area contributed by atoms with Gasteiger partial charge in [0.2, 0.25) is 0 Å². The fourth-order valence-corrected chi connectivity index (χ4v) is 1.31. The zero-order chi connectivity index (χ0) is 12.1. The molecule has 2 aromatic heterocycles. The molecule has 0 spiro atoms. The number of nitrogens with zero attached hydrogens (tertiary/aromatic N) is 2. The molecule has 0 aromatic carbocycles. The van der Waals surface area contributed by atoms with Gasteiger partial charge in [0.25, 0.3) is 0 Å². The van der Waals surface area contributed by atoms with Crippen LogP contribution in [0, 0.1) is 0 Å². The monoisotopic (exact) mass is 230 g/mol. The summed E-state index contributed by atoms with van der Waals surface area (Å²) in [6, 6.07) is 9.87. The minimum absolute atomic E-state index is 0.333. The van der Waals surface area contributed by atoms with Gasteiger partial charge < -0.3 is 0 Å². The number of amides is 2. The van der Waals surface area contributed by atoms with Gasteiger partial charge in [-0.05, 0) is 24.3 Å². The van der Waals surface area contributed by atoms with E-state index in [4.69, 9.17) is 5.21 Å². The van der Waals surface area contributed by atoms with Crippen LogP contribution in [-0.4, -0.2) is 21.2 Å². The predicted octanol–water partition coefficient (Wildman–Crippen LogP) is 1.65. The van der Waals surface area contributed by atoms with Gasteiger partial charge in [-0.25, -0.2) is 15.3 Å². The van der Waals surface area contributed by atoms with Crippen molar-refractivity contribution in [3.8, 4) is 11.4 Å². The van der Waals surface area contributed by atoms with Crippen LogP contribution in [0.1, 0.15) is 0 Å². The Kier molecular flexibility index (Phi) is 3.27. The number of hydrogen-bond acceptors (Lipinski definition) is 4. The molecule has 6 nitrogen and oxygen atoms in total. The first-order valence-corrected chi connectivity index (χ1v) is 4.89. The van der Waals surface area contributed by atoms with E-state index in [9.17, 15) is 4.79 Å². The lowest BCUT2D eigenvalue weighted by Gasteiger charge is -2.04. The summed E-state index contributed by atoms with van der Waals surface area (Å²) < 4.78 is 0. The number of hydroxylamine groups is 1. The van der Waals surface area contributed by atoms with E-state index >= 15 is 0 Å². The molecule has 17 heavy (non-hydrogen) atoms. The van der Waals surface area contributed by atoms with Crippen LogP contribution in [0.25, 0.3) is 11.4 Å². The minimum Gasteiger partial charge on any atom is -0.291 e. The number of pyridine rings is 2. The quantitative estimate of drug-likeness (QED) is 0.540. The van der Waals surface area contributed by atoms with Gasteiger partial charge >= 0.3 is 6.03 Å². The third kappa shape index (κ3) is 2.76. The van der Waals surface area contributed by atoms with Gasteiger partial charge in [0, 0.05) is 6.20 Å². The predicted molar refractivity (Wildman–Crippen MR) is 61.4 cm³/mol. The SMILES string of the molecule is O=C(NO)Nc1cccc(-c2ccccn2)n1. The maximum Gasteiger partial charge on any atom is 0.344 e. The van der Waals surface area contributed by atoms with Crippen LogP contribution in [0.15, 0.2) is 42.6 Å². The Morgan fingerprint density at radius 1 is 1.12 bits per heavy atom. The second kappa shape index (κ2) is 5.04. The molecule has 0 saturated heterocycles. The van der Waals surface area contributed by atoms with Crippen LogP contribution in [0.4, 0.5) is 10.6 Å². The van der Waals surface area contributed by atoms with Gasteiger partial charge in [-0.3, -0.25) is 15.5 Å². The lowest BCUT2D eigenvalue weighted by Crippen LogP contribution is -2.25. The Balaban J connectivity index is 2.26. The highest BCUT2D eigenvalue weighted by molar-refractivity contribution is 5.87. The summed E-state index contributed by atoms with van der Waals surface area (Å²) in [5.41, 5.74) is 2.82. The van der Waals surface area contributed by atoms with Crippen molar-refractivity contribution in [3.05, 3.63) is 42.6 Å². The Hall–Kier alpha value is -2.47. The van der Waals surface area contributed by atoms with Gasteiger partial charge in [-0.1, -0.05) is 12.1 Å². The summed E-state index contributed by atoms with van der Waals surface area (Å²) in [5.74, 6) is 0.333. The summed E-state index contributed by atoms with van der Waals surface area (Å²) in [4.78, 5) is 19.2. The first kappa shape index (κ1) is 11.0. The minimum atomic E-state index is -0.740. The first-order chi connectivity index (χ1) is 8.29. The third-order valence-electron chi connectivity index (χ3n) is 2.02. The Labute approximate surface area is 97.3 Å². The van der Waals surface area contributed by atoms with Crippen molar-refractivity contribution in [2.45, 2.75) is 0 Å². The normalized spacial score (nSPS) is 9.71. The fourth-order valence-electron chi connectivity index (χ4n) is 1.31. The molecular formula is C11H10N4O2. The molecule has 0 fully saturated rings. The Morgan fingerprint density at radius 3 is 2.65 bits per heavy atom. The van der Waals surface area contributed by atoms with E-state index in [0.717, 1.165) is 0 Å². The van der Waals surface area contributed by atoms with Crippen LogP contribution in [-0.2, 0) is 0 Å². The van der Waals surface area contributed by atoms with Crippen LogP contribution >= 0.6 is 0 Å². The number of nitrogens with one attached hydrogen (secondary N) is 2. The van der Waals surface area contributed by atoms with Crippen molar-refractivity contribution in [1.82, 2.24) is 15.4 Å². The molecule has 0 aliphatic carbocycles. The smallest absolute Gasteiger partial charge is 0.291 e. The van der Waals surface area contributed by atoms with Crippen molar-refractivity contribution in [3.63, 3.8) is 0 Å². The van der Waals surface area contributed by atoms with Crippen LogP contribution < -0.4 is 10.8 Å². The van der Waals surface area contributed by atoms with Crippen molar-refractivity contribution in [2.24, 2.45) is 0 Å². The van der Waals surface area contributed by atoms with Gasteiger partial charge in [-0.2, -0.15) is 0 Å².